The first-order valence-corrected chi connectivity index (χ1v) is 3.38. The minimum absolute atomic E-state index is 0.0832. The smallest absolute Gasteiger partial charge is 0.408 e. The molecule has 1 aliphatic rings. The van der Waals surface area contributed by atoms with Crippen LogP contribution in [0.5, 0.6) is 0 Å². The van der Waals surface area contributed by atoms with Crippen LogP contribution in [0.2, 0.25) is 0 Å². The summed E-state index contributed by atoms with van der Waals surface area (Å²) in [6, 6.07) is -0.463. The summed E-state index contributed by atoms with van der Waals surface area (Å²) < 4.78 is 4.48. The summed E-state index contributed by atoms with van der Waals surface area (Å²) in [6.07, 6.45) is 4.19. The zero-order valence-corrected chi connectivity index (χ0v) is 6.29. The highest BCUT2D eigenvalue weighted by Crippen LogP contribution is 1.93. The van der Waals surface area contributed by atoms with Gasteiger partial charge in [-0.3, -0.25) is 4.79 Å². The molecule has 1 fully saturated rings. The molecule has 1 saturated heterocycles. The molecule has 0 radical (unpaired) electrons. The minimum Gasteiger partial charge on any atom is -0.436 e. The van der Waals surface area contributed by atoms with Crippen LogP contribution in [0.15, 0.2) is 0 Å². The molecule has 2 amide bonds. The van der Waals surface area contributed by atoms with E-state index in [-0.39, 0.29) is 12.5 Å². The average Bonchev–Trinajstić information content (AvgIpc) is 2.08. The van der Waals surface area contributed by atoms with Crippen LogP contribution in [0.1, 0.15) is 0 Å². The summed E-state index contributed by atoms with van der Waals surface area (Å²) in [5, 5.41) is 4.80. The van der Waals surface area contributed by atoms with E-state index in [0.717, 1.165) is 0 Å². The quantitative estimate of drug-likeness (QED) is 0.404. The fourth-order valence-electron chi connectivity index (χ4n) is 0.695. The van der Waals surface area contributed by atoms with Crippen LogP contribution in [0, 0.1) is 12.3 Å². The zero-order chi connectivity index (χ0) is 8.97. The number of carbonyl (C=O) groups is 2. The number of alkyl carbamates (subject to hydrolysis) is 1. The number of nitrogens with one attached hydrogen (secondary N) is 2. The Bertz CT molecular complexity index is 244. The molecule has 0 aromatic heterocycles. The lowest BCUT2D eigenvalue weighted by Gasteiger charge is -2.25. The Hall–Kier alpha value is -1.70. The van der Waals surface area contributed by atoms with Crippen molar-refractivity contribution in [3.8, 4) is 12.3 Å². The summed E-state index contributed by atoms with van der Waals surface area (Å²) in [5.41, 5.74) is 0. The lowest BCUT2D eigenvalue weighted by Crippen LogP contribution is -2.61. The van der Waals surface area contributed by atoms with Crippen LogP contribution in [-0.4, -0.2) is 31.2 Å². The molecule has 1 heterocycles. The fraction of sp³-hybridized carbons (Fsp3) is 0.429. The molecule has 0 unspecified atom stereocenters. The molecule has 0 spiro atoms. The number of hydrogen-bond acceptors (Lipinski definition) is 3. The molecule has 5 heteroatoms. The van der Waals surface area contributed by atoms with Crippen LogP contribution in [0.25, 0.3) is 0 Å². The van der Waals surface area contributed by atoms with E-state index in [0.29, 0.717) is 6.54 Å². The molecular formula is C7H8N2O3. The highest BCUT2D eigenvalue weighted by molar-refractivity contribution is 5.90. The predicted octanol–water partition coefficient (Wildman–Crippen LogP) is -1.16. The van der Waals surface area contributed by atoms with Gasteiger partial charge in [0.2, 0.25) is 5.91 Å². The van der Waals surface area contributed by atoms with Crippen molar-refractivity contribution in [3.63, 3.8) is 0 Å². The second-order valence-corrected chi connectivity index (χ2v) is 2.22. The maximum absolute atomic E-state index is 10.7. The Morgan fingerprint density at radius 2 is 2.67 bits per heavy atom. The highest BCUT2D eigenvalue weighted by atomic mass is 16.5. The van der Waals surface area contributed by atoms with Crippen molar-refractivity contribution in [2.45, 2.75) is 6.04 Å². The maximum atomic E-state index is 10.7. The van der Waals surface area contributed by atoms with Crippen molar-refractivity contribution in [1.29, 1.82) is 0 Å². The molecule has 2 N–H and O–H groups in total. The molecule has 64 valence electrons. The lowest BCUT2D eigenvalue weighted by molar-refractivity contribution is -0.128. The van der Waals surface area contributed by atoms with E-state index in [9.17, 15) is 9.59 Å². The van der Waals surface area contributed by atoms with Crippen molar-refractivity contribution >= 4 is 12.0 Å². The van der Waals surface area contributed by atoms with E-state index in [2.05, 4.69) is 21.3 Å². The third-order valence-electron chi connectivity index (χ3n) is 1.38. The Labute approximate surface area is 69.5 Å². The Morgan fingerprint density at radius 1 is 1.92 bits per heavy atom. The molecular weight excluding hydrogens is 160 g/mol. The van der Waals surface area contributed by atoms with Crippen molar-refractivity contribution in [3.05, 3.63) is 0 Å². The van der Waals surface area contributed by atoms with E-state index in [4.69, 9.17) is 6.42 Å². The third-order valence-corrected chi connectivity index (χ3v) is 1.38. The number of terminal acetylenes is 1. The van der Waals surface area contributed by atoms with Gasteiger partial charge in [0.15, 0.2) is 6.61 Å². The van der Waals surface area contributed by atoms with Crippen LogP contribution in [-0.2, 0) is 9.53 Å². The average molecular weight is 168 g/mol. The normalized spacial score (nSPS) is 19.9. The van der Waals surface area contributed by atoms with E-state index in [1.54, 1.807) is 0 Å². The van der Waals surface area contributed by atoms with Gasteiger partial charge in [0.05, 0.1) is 0 Å². The van der Waals surface area contributed by atoms with Crippen LogP contribution >= 0.6 is 0 Å². The summed E-state index contributed by atoms with van der Waals surface area (Å²) in [7, 11) is 0. The number of hydrogen-bond donors (Lipinski definition) is 2. The van der Waals surface area contributed by atoms with Gasteiger partial charge in [-0.05, 0) is 0 Å². The molecule has 0 aromatic carbocycles. The molecule has 1 rings (SSSR count). The molecule has 1 atom stereocenters. The summed E-state index contributed by atoms with van der Waals surface area (Å²) in [5.74, 6) is 1.93. The molecule has 1 aliphatic heterocycles. The predicted molar refractivity (Wildman–Crippen MR) is 40.1 cm³/mol. The summed E-state index contributed by atoms with van der Waals surface area (Å²) >= 11 is 0. The first kappa shape index (κ1) is 8.40. The molecule has 12 heavy (non-hydrogen) atoms. The Balaban J connectivity index is 2.18. The number of rotatable bonds is 2. The van der Waals surface area contributed by atoms with Gasteiger partial charge in [0.1, 0.15) is 6.04 Å². The molecule has 0 aliphatic carbocycles. The fourth-order valence-corrected chi connectivity index (χ4v) is 0.695. The first-order valence-electron chi connectivity index (χ1n) is 3.38. The Morgan fingerprint density at radius 3 is 3.08 bits per heavy atom. The van der Waals surface area contributed by atoms with E-state index in [1.807, 2.05) is 0 Å². The Kier molecular flexibility index (Phi) is 2.53. The largest absolute Gasteiger partial charge is 0.436 e. The van der Waals surface area contributed by atoms with Gasteiger partial charge >= 0.3 is 6.09 Å². The summed E-state index contributed by atoms with van der Waals surface area (Å²) in [4.78, 5) is 21.4. The van der Waals surface area contributed by atoms with Crippen molar-refractivity contribution in [2.24, 2.45) is 0 Å². The van der Waals surface area contributed by atoms with E-state index in [1.165, 1.54) is 0 Å². The van der Waals surface area contributed by atoms with Crippen LogP contribution < -0.4 is 10.6 Å². The van der Waals surface area contributed by atoms with E-state index >= 15 is 0 Å². The first-order chi connectivity index (χ1) is 5.74. The number of β-lactam (4-membered cyclic amide) rings is 1. The third kappa shape index (κ3) is 1.89. The number of amides is 2. The van der Waals surface area contributed by atoms with Gasteiger partial charge in [0.25, 0.3) is 0 Å². The molecule has 5 nitrogen and oxygen atoms in total. The maximum Gasteiger partial charge on any atom is 0.408 e. The van der Waals surface area contributed by atoms with Gasteiger partial charge in [-0.15, -0.1) is 6.42 Å². The van der Waals surface area contributed by atoms with Gasteiger partial charge in [0, 0.05) is 6.54 Å². The SMILES string of the molecule is C#CCOC(=O)N[C@H]1CNC1=O. The number of carbonyl (C=O) groups excluding carboxylic acids is 2. The second kappa shape index (κ2) is 3.62. The lowest BCUT2D eigenvalue weighted by atomic mass is 10.2. The van der Waals surface area contributed by atoms with Gasteiger partial charge in [-0.25, -0.2) is 4.79 Å². The van der Waals surface area contributed by atoms with E-state index < -0.39 is 12.1 Å². The monoisotopic (exact) mass is 168 g/mol. The zero-order valence-electron chi connectivity index (χ0n) is 6.29. The highest BCUT2D eigenvalue weighted by Gasteiger charge is 2.29. The molecule has 0 bridgehead atoms. The van der Waals surface area contributed by atoms with Crippen LogP contribution in [0.3, 0.4) is 0 Å². The van der Waals surface area contributed by atoms with Gasteiger partial charge in [-0.2, -0.15) is 0 Å². The van der Waals surface area contributed by atoms with Crippen molar-refractivity contribution in [2.75, 3.05) is 13.2 Å². The topological polar surface area (TPSA) is 67.4 Å². The number of ether oxygens (including phenoxy) is 1. The van der Waals surface area contributed by atoms with Gasteiger partial charge < -0.3 is 15.4 Å². The molecule has 0 saturated carbocycles. The second-order valence-electron chi connectivity index (χ2n) is 2.22. The van der Waals surface area contributed by atoms with Crippen LogP contribution in [0.4, 0.5) is 4.79 Å². The minimum atomic E-state index is -0.659. The van der Waals surface area contributed by atoms with Gasteiger partial charge in [-0.1, -0.05) is 5.92 Å². The standard InChI is InChI=1S/C7H8N2O3/c1-2-3-12-7(11)9-5-4-8-6(5)10/h1,5H,3-4H2,(H,8,10)(H,9,11)/t5-/m0/s1. The molecule has 0 aromatic rings. The van der Waals surface area contributed by atoms with Crippen molar-refractivity contribution < 1.29 is 14.3 Å². The van der Waals surface area contributed by atoms with Crippen molar-refractivity contribution in [1.82, 2.24) is 10.6 Å². The summed E-state index contributed by atoms with van der Waals surface area (Å²) in [6.45, 7) is 0.365.